The summed E-state index contributed by atoms with van der Waals surface area (Å²) in [6.45, 7) is 2.36. The highest BCUT2D eigenvalue weighted by molar-refractivity contribution is 8.00. The van der Waals surface area contributed by atoms with Gasteiger partial charge in [-0.2, -0.15) is 0 Å². The second kappa shape index (κ2) is 7.64. The van der Waals surface area contributed by atoms with Gasteiger partial charge in [-0.15, -0.1) is 11.8 Å². The van der Waals surface area contributed by atoms with Gasteiger partial charge in [0.2, 0.25) is 0 Å². The highest BCUT2D eigenvalue weighted by Crippen LogP contribution is 2.12. The summed E-state index contributed by atoms with van der Waals surface area (Å²) in [5.74, 6) is -0.322. The molecule has 1 atom stereocenters. The van der Waals surface area contributed by atoms with Crippen molar-refractivity contribution in [2.45, 2.75) is 12.2 Å². The molecule has 0 aliphatic heterocycles. The van der Waals surface area contributed by atoms with Crippen LogP contribution in [0.4, 0.5) is 0 Å². The van der Waals surface area contributed by atoms with E-state index >= 15 is 0 Å². The van der Waals surface area contributed by atoms with Crippen LogP contribution in [0.1, 0.15) is 6.92 Å². The number of hydrogen-bond donors (Lipinski definition) is 1. The number of carboxylic acids is 1. The van der Waals surface area contributed by atoms with Crippen molar-refractivity contribution in [1.29, 1.82) is 0 Å². The van der Waals surface area contributed by atoms with Crippen LogP contribution in [0.2, 0.25) is 0 Å². The maximum atomic E-state index is 10.7. The second-order valence-corrected chi connectivity index (χ2v) is 3.92. The number of aliphatic carboxylic acids is 1. The summed E-state index contributed by atoms with van der Waals surface area (Å²) in [6.07, 6.45) is 0. The first kappa shape index (κ1) is 13.2. The number of carboxylic acid groups (broad SMARTS) is 1. The van der Waals surface area contributed by atoms with Gasteiger partial charge in [0.05, 0.1) is 11.9 Å². The third kappa shape index (κ3) is 5.08. The minimum atomic E-state index is -1.05. The Morgan fingerprint density at radius 1 is 1.57 bits per heavy atom. The molecule has 6 heteroatoms. The molecule has 0 heterocycles. The molecule has 0 aliphatic rings. The van der Waals surface area contributed by atoms with E-state index in [2.05, 4.69) is 9.99 Å². The summed E-state index contributed by atoms with van der Waals surface area (Å²) in [5, 5.41) is 12.0. The van der Waals surface area contributed by atoms with Gasteiger partial charge >= 0.3 is 5.97 Å². The van der Waals surface area contributed by atoms with Crippen LogP contribution in [0.15, 0.2) is 5.16 Å². The highest BCUT2D eigenvalue weighted by Gasteiger charge is 2.19. The van der Waals surface area contributed by atoms with Gasteiger partial charge in [-0.25, -0.2) is 4.79 Å². The van der Waals surface area contributed by atoms with Gasteiger partial charge in [0, 0.05) is 12.9 Å². The largest absolute Gasteiger partial charge is 0.477 e. The Morgan fingerprint density at radius 2 is 2.21 bits per heavy atom. The lowest BCUT2D eigenvalue weighted by molar-refractivity contribution is -0.129. The number of thioether (sulfide) groups is 1. The Labute approximate surface area is 87.4 Å². The molecule has 14 heavy (non-hydrogen) atoms. The quantitative estimate of drug-likeness (QED) is 0.392. The van der Waals surface area contributed by atoms with E-state index in [9.17, 15) is 4.79 Å². The molecule has 5 nitrogen and oxygen atoms in total. The van der Waals surface area contributed by atoms with Crippen LogP contribution in [-0.2, 0) is 14.4 Å². The first-order valence-corrected chi connectivity index (χ1v) is 5.13. The molecule has 0 aromatic rings. The molecule has 0 amide bonds. The molecule has 1 unspecified atom stereocenters. The van der Waals surface area contributed by atoms with E-state index in [4.69, 9.17) is 9.84 Å². The fraction of sp³-hybridized carbons (Fsp3) is 0.750. The zero-order valence-corrected chi connectivity index (χ0v) is 9.34. The topological polar surface area (TPSA) is 68.1 Å². The van der Waals surface area contributed by atoms with E-state index < -0.39 is 5.97 Å². The average Bonchev–Trinajstić information content (AvgIpc) is 2.13. The Morgan fingerprint density at radius 3 is 2.64 bits per heavy atom. The van der Waals surface area contributed by atoms with Gasteiger partial charge in [0.15, 0.2) is 5.71 Å². The van der Waals surface area contributed by atoms with Crippen molar-refractivity contribution >= 4 is 23.4 Å². The van der Waals surface area contributed by atoms with Crippen LogP contribution in [0.5, 0.6) is 0 Å². The van der Waals surface area contributed by atoms with Crippen LogP contribution < -0.4 is 0 Å². The minimum absolute atomic E-state index is 0.0219. The lowest BCUT2D eigenvalue weighted by Gasteiger charge is -2.09. The van der Waals surface area contributed by atoms with Crippen molar-refractivity contribution in [3.63, 3.8) is 0 Å². The summed E-state index contributed by atoms with van der Waals surface area (Å²) in [5.41, 5.74) is 0.0219. The van der Waals surface area contributed by atoms with Gasteiger partial charge in [0.25, 0.3) is 0 Å². The number of oxime groups is 1. The van der Waals surface area contributed by atoms with E-state index in [1.54, 1.807) is 14.0 Å². The van der Waals surface area contributed by atoms with E-state index in [0.717, 1.165) is 5.75 Å². The smallest absolute Gasteiger partial charge is 0.354 e. The number of ether oxygens (including phenoxy) is 1. The Hall–Kier alpha value is -0.750. The van der Waals surface area contributed by atoms with Crippen molar-refractivity contribution in [1.82, 2.24) is 0 Å². The molecule has 0 fully saturated rings. The van der Waals surface area contributed by atoms with Gasteiger partial charge < -0.3 is 14.7 Å². The van der Waals surface area contributed by atoms with Gasteiger partial charge in [-0.3, -0.25) is 0 Å². The molecule has 0 rings (SSSR count). The van der Waals surface area contributed by atoms with Gasteiger partial charge in [-0.05, 0) is 6.92 Å². The zero-order valence-electron chi connectivity index (χ0n) is 8.52. The summed E-state index contributed by atoms with van der Waals surface area (Å²) in [4.78, 5) is 15.2. The number of hydrogen-bond acceptors (Lipinski definition) is 5. The molecular weight excluding hydrogens is 206 g/mol. The average molecular weight is 221 g/mol. The molecule has 0 bridgehead atoms. The minimum Gasteiger partial charge on any atom is -0.477 e. The maximum absolute atomic E-state index is 10.7. The Balaban J connectivity index is 4.09. The van der Waals surface area contributed by atoms with Crippen molar-refractivity contribution in [2.24, 2.45) is 5.16 Å². The third-order valence-electron chi connectivity index (χ3n) is 1.45. The van der Waals surface area contributed by atoms with Crippen molar-refractivity contribution in [3.8, 4) is 0 Å². The standard InChI is InChI=1S/C8H15NO4S/c1-6(14-5-4-12-2)7(8(10)11)9-13-3/h6H,4-5H2,1-3H3,(H,10,11). The first-order valence-electron chi connectivity index (χ1n) is 4.08. The fourth-order valence-corrected chi connectivity index (χ4v) is 1.69. The van der Waals surface area contributed by atoms with Crippen molar-refractivity contribution < 1.29 is 19.5 Å². The van der Waals surface area contributed by atoms with Crippen LogP contribution in [0.3, 0.4) is 0 Å². The lowest BCUT2D eigenvalue weighted by Crippen LogP contribution is -2.24. The third-order valence-corrected chi connectivity index (χ3v) is 2.57. The number of carbonyl (C=O) groups is 1. The molecule has 0 spiro atoms. The number of nitrogens with zero attached hydrogens (tertiary/aromatic N) is 1. The predicted molar refractivity (Wildman–Crippen MR) is 55.9 cm³/mol. The van der Waals surface area contributed by atoms with Gasteiger partial charge in [-0.1, -0.05) is 5.16 Å². The number of methoxy groups -OCH3 is 1. The Bertz CT molecular complexity index is 208. The highest BCUT2D eigenvalue weighted by atomic mass is 32.2. The Kier molecular flexibility index (Phi) is 7.23. The van der Waals surface area contributed by atoms with Crippen LogP contribution in [0.25, 0.3) is 0 Å². The summed E-state index contributed by atoms with van der Waals surface area (Å²) in [6, 6.07) is 0. The van der Waals surface area contributed by atoms with Crippen molar-refractivity contribution in [2.75, 3.05) is 26.6 Å². The van der Waals surface area contributed by atoms with Crippen molar-refractivity contribution in [3.05, 3.63) is 0 Å². The van der Waals surface area contributed by atoms with E-state index in [1.165, 1.54) is 18.9 Å². The molecule has 0 radical (unpaired) electrons. The molecule has 0 saturated heterocycles. The van der Waals surface area contributed by atoms with Crippen LogP contribution in [0, 0.1) is 0 Å². The summed E-state index contributed by atoms with van der Waals surface area (Å²) in [7, 11) is 2.93. The van der Waals surface area contributed by atoms with E-state index in [1.807, 2.05) is 0 Å². The normalized spacial score (nSPS) is 13.8. The monoisotopic (exact) mass is 221 g/mol. The summed E-state index contributed by atoms with van der Waals surface area (Å²) >= 11 is 1.46. The lowest BCUT2D eigenvalue weighted by atomic mass is 10.3. The molecule has 1 N–H and O–H groups in total. The molecule has 82 valence electrons. The molecule has 0 aromatic carbocycles. The van der Waals surface area contributed by atoms with E-state index in [-0.39, 0.29) is 11.0 Å². The first-order chi connectivity index (χ1) is 6.63. The molecule has 0 aromatic heterocycles. The fourth-order valence-electron chi connectivity index (χ4n) is 0.773. The predicted octanol–water partition coefficient (Wildman–Crippen LogP) is 0.841. The summed E-state index contributed by atoms with van der Waals surface area (Å²) < 4.78 is 4.85. The SMILES string of the molecule is COCCSC(C)C(=NOC)C(=O)O. The van der Waals surface area contributed by atoms with Gasteiger partial charge in [0.1, 0.15) is 7.11 Å². The molecular formula is C8H15NO4S. The number of rotatable bonds is 7. The van der Waals surface area contributed by atoms with E-state index in [0.29, 0.717) is 6.61 Å². The maximum Gasteiger partial charge on any atom is 0.354 e. The molecule has 0 aliphatic carbocycles. The van der Waals surface area contributed by atoms with Crippen LogP contribution in [-0.4, -0.2) is 48.6 Å². The zero-order chi connectivity index (χ0) is 11.0. The van der Waals surface area contributed by atoms with Crippen LogP contribution >= 0.6 is 11.8 Å². The molecule has 0 saturated carbocycles. The second-order valence-electron chi connectivity index (χ2n) is 2.47.